The number of hydrogen-bond acceptors (Lipinski definition) is 8. The van der Waals surface area contributed by atoms with E-state index >= 15 is 0 Å². The van der Waals surface area contributed by atoms with Crippen LogP contribution in [0.15, 0.2) is 42.6 Å². The Balaban J connectivity index is 1.45. The molecule has 0 amide bonds. The van der Waals surface area contributed by atoms with E-state index in [1.54, 1.807) is 16.8 Å². The van der Waals surface area contributed by atoms with E-state index in [1.807, 2.05) is 30.3 Å². The smallest absolute Gasteiger partial charge is 0.430 e. The van der Waals surface area contributed by atoms with E-state index in [9.17, 15) is 9.90 Å². The van der Waals surface area contributed by atoms with Gasteiger partial charge in [-0.15, -0.1) is 6.42 Å². The lowest BCUT2D eigenvalue weighted by atomic mass is 9.99. The van der Waals surface area contributed by atoms with Crippen molar-refractivity contribution in [2.45, 2.75) is 31.0 Å². The SMILES string of the molecule is C#C[C@]1(COC(=O)OCc2ccccc2)O[C@@H](n2ccc3c(N)nc(Cl)nc32)C[C@@H]1O. The van der Waals surface area contributed by atoms with Gasteiger partial charge in [0.15, 0.2) is 5.60 Å². The summed E-state index contributed by atoms with van der Waals surface area (Å²) in [4.78, 5) is 20.1. The van der Waals surface area contributed by atoms with Gasteiger partial charge in [-0.05, 0) is 23.2 Å². The number of terminal acetylenes is 1. The molecule has 0 radical (unpaired) electrons. The summed E-state index contributed by atoms with van der Waals surface area (Å²) in [6.45, 7) is -0.335. The number of benzene rings is 1. The predicted octanol–water partition coefficient (Wildman–Crippen LogP) is 2.67. The lowest BCUT2D eigenvalue weighted by Gasteiger charge is -2.26. The number of aliphatic hydroxyl groups excluding tert-OH is 1. The van der Waals surface area contributed by atoms with Gasteiger partial charge in [-0.1, -0.05) is 36.3 Å². The molecule has 1 aromatic carbocycles. The van der Waals surface area contributed by atoms with Crippen LogP contribution in [0, 0.1) is 12.3 Å². The molecule has 1 saturated heterocycles. The van der Waals surface area contributed by atoms with Crippen molar-refractivity contribution in [1.82, 2.24) is 14.5 Å². The Bertz CT molecular complexity index is 1150. The van der Waals surface area contributed by atoms with Crippen LogP contribution in [0.5, 0.6) is 0 Å². The number of carbonyl (C=O) groups is 1. The summed E-state index contributed by atoms with van der Waals surface area (Å²) in [5.74, 6) is 2.64. The van der Waals surface area contributed by atoms with Gasteiger partial charge in [-0.3, -0.25) is 0 Å². The minimum absolute atomic E-state index is 0.0174. The van der Waals surface area contributed by atoms with Crippen LogP contribution in [0.4, 0.5) is 10.6 Å². The van der Waals surface area contributed by atoms with E-state index in [0.717, 1.165) is 5.56 Å². The number of fused-ring (bicyclic) bond motifs is 1. The summed E-state index contributed by atoms with van der Waals surface area (Å²) in [6, 6.07) is 10.9. The van der Waals surface area contributed by atoms with Crippen LogP contribution in [0.25, 0.3) is 11.0 Å². The summed E-state index contributed by atoms with van der Waals surface area (Å²) in [6.07, 6.45) is 4.76. The van der Waals surface area contributed by atoms with Crippen molar-refractivity contribution >= 4 is 34.6 Å². The predicted molar refractivity (Wildman–Crippen MR) is 112 cm³/mol. The van der Waals surface area contributed by atoms with Crippen LogP contribution >= 0.6 is 11.6 Å². The van der Waals surface area contributed by atoms with Crippen molar-refractivity contribution in [2.75, 3.05) is 12.3 Å². The highest BCUT2D eigenvalue weighted by Gasteiger charge is 2.49. The number of aliphatic hydroxyl groups is 1. The van der Waals surface area contributed by atoms with Gasteiger partial charge in [0, 0.05) is 12.6 Å². The monoisotopic (exact) mass is 442 g/mol. The molecule has 3 N–H and O–H groups in total. The van der Waals surface area contributed by atoms with Gasteiger partial charge in [0.25, 0.3) is 0 Å². The molecule has 2 aromatic heterocycles. The van der Waals surface area contributed by atoms with Crippen LogP contribution in [0.2, 0.25) is 5.28 Å². The summed E-state index contributed by atoms with van der Waals surface area (Å²) in [5.41, 5.74) is 5.58. The maximum absolute atomic E-state index is 12.0. The van der Waals surface area contributed by atoms with Gasteiger partial charge in [0.1, 0.15) is 37.0 Å². The molecule has 3 atom stereocenters. The number of nitrogens with two attached hydrogens (primary N) is 1. The zero-order valence-electron chi connectivity index (χ0n) is 16.3. The molecule has 31 heavy (non-hydrogen) atoms. The van der Waals surface area contributed by atoms with Gasteiger partial charge in [-0.25, -0.2) is 9.78 Å². The third kappa shape index (κ3) is 4.14. The number of rotatable bonds is 5. The molecular weight excluding hydrogens is 424 g/mol. The third-order valence-electron chi connectivity index (χ3n) is 5.04. The molecule has 3 heterocycles. The minimum atomic E-state index is -1.55. The molecule has 9 nitrogen and oxygen atoms in total. The Morgan fingerprint density at radius 1 is 1.35 bits per heavy atom. The molecule has 4 rings (SSSR count). The first-order chi connectivity index (χ1) is 14.9. The van der Waals surface area contributed by atoms with Crippen LogP contribution in [0.1, 0.15) is 18.2 Å². The first kappa shape index (κ1) is 20.9. The molecule has 10 heteroatoms. The average molecular weight is 443 g/mol. The maximum Gasteiger partial charge on any atom is 0.508 e. The number of nitrogens with zero attached hydrogens (tertiary/aromatic N) is 3. The molecule has 1 aliphatic rings. The highest BCUT2D eigenvalue weighted by atomic mass is 35.5. The molecule has 3 aromatic rings. The Morgan fingerprint density at radius 3 is 2.87 bits per heavy atom. The van der Waals surface area contributed by atoms with E-state index in [1.165, 1.54) is 0 Å². The van der Waals surface area contributed by atoms with Crippen molar-refractivity contribution in [2.24, 2.45) is 0 Å². The zero-order chi connectivity index (χ0) is 22.0. The normalized spacial score (nSPS) is 22.9. The molecule has 160 valence electrons. The molecule has 0 unspecified atom stereocenters. The van der Waals surface area contributed by atoms with Crippen molar-refractivity contribution in [1.29, 1.82) is 0 Å². The fourth-order valence-electron chi connectivity index (χ4n) is 3.41. The van der Waals surface area contributed by atoms with Crippen molar-refractivity contribution < 1.29 is 24.1 Å². The van der Waals surface area contributed by atoms with Crippen molar-refractivity contribution in [3.8, 4) is 12.3 Å². The summed E-state index contributed by atoms with van der Waals surface area (Å²) < 4.78 is 17.8. The number of carbonyl (C=O) groups excluding carboxylic acids is 1. The standard InChI is InChI=1S/C21H19ClN4O5/c1-2-21(12-30-20(28)29-11-13-6-4-3-5-7-13)15(27)10-16(31-21)26-9-8-14-17(23)24-19(22)25-18(14)26/h1,3-9,15-16,27H,10-12H2,(H2,23,24,25)/t15-,16+,21+/m0/s1. The first-order valence-electron chi connectivity index (χ1n) is 9.38. The number of aromatic nitrogens is 3. The summed E-state index contributed by atoms with van der Waals surface area (Å²) >= 11 is 5.92. The Kier molecular flexibility index (Phi) is 5.69. The van der Waals surface area contributed by atoms with E-state index in [2.05, 4.69) is 15.9 Å². The van der Waals surface area contributed by atoms with Gasteiger partial charge < -0.3 is 29.6 Å². The molecule has 0 spiro atoms. The number of ether oxygens (including phenoxy) is 3. The summed E-state index contributed by atoms with van der Waals surface area (Å²) in [5, 5.41) is 11.2. The molecule has 0 bridgehead atoms. The van der Waals surface area contributed by atoms with E-state index < -0.39 is 24.1 Å². The maximum atomic E-state index is 12.0. The van der Waals surface area contributed by atoms with Crippen molar-refractivity contribution in [3.05, 3.63) is 53.4 Å². The van der Waals surface area contributed by atoms with E-state index in [0.29, 0.717) is 11.0 Å². The van der Waals surface area contributed by atoms with Crippen LogP contribution < -0.4 is 5.73 Å². The number of nitrogen functional groups attached to an aromatic ring is 1. The Labute approximate surface area is 182 Å². The summed E-state index contributed by atoms with van der Waals surface area (Å²) in [7, 11) is 0. The largest absolute Gasteiger partial charge is 0.508 e. The van der Waals surface area contributed by atoms with Crippen LogP contribution in [0.3, 0.4) is 0 Å². The van der Waals surface area contributed by atoms with E-state index in [-0.39, 0.29) is 30.7 Å². The Hall–Kier alpha value is -3.32. The molecule has 1 aliphatic heterocycles. The molecule has 0 aliphatic carbocycles. The quantitative estimate of drug-likeness (QED) is 0.351. The molecule has 0 saturated carbocycles. The minimum Gasteiger partial charge on any atom is -0.430 e. The van der Waals surface area contributed by atoms with Crippen molar-refractivity contribution in [3.63, 3.8) is 0 Å². The number of hydrogen-bond donors (Lipinski definition) is 2. The topological polar surface area (TPSA) is 122 Å². The van der Waals surface area contributed by atoms with Gasteiger partial charge in [0.2, 0.25) is 5.28 Å². The Morgan fingerprint density at radius 2 is 2.13 bits per heavy atom. The first-order valence-corrected chi connectivity index (χ1v) is 9.76. The fourth-order valence-corrected chi connectivity index (χ4v) is 3.58. The lowest BCUT2D eigenvalue weighted by Crippen LogP contribution is -2.43. The van der Waals surface area contributed by atoms with Crippen LogP contribution in [-0.2, 0) is 20.8 Å². The van der Waals surface area contributed by atoms with Gasteiger partial charge >= 0.3 is 6.16 Å². The second-order valence-electron chi connectivity index (χ2n) is 7.01. The average Bonchev–Trinajstić information content (AvgIpc) is 3.33. The fraction of sp³-hybridized carbons (Fsp3) is 0.286. The van der Waals surface area contributed by atoms with Gasteiger partial charge in [0.05, 0.1) is 5.39 Å². The molecule has 1 fully saturated rings. The number of halogens is 1. The highest BCUT2D eigenvalue weighted by Crippen LogP contribution is 2.39. The zero-order valence-corrected chi connectivity index (χ0v) is 17.0. The van der Waals surface area contributed by atoms with Gasteiger partial charge in [-0.2, -0.15) is 4.98 Å². The second kappa shape index (κ2) is 8.43. The van der Waals surface area contributed by atoms with Crippen LogP contribution in [-0.4, -0.2) is 44.1 Å². The molecular formula is C21H19ClN4O5. The lowest BCUT2D eigenvalue weighted by molar-refractivity contribution is -0.0983. The second-order valence-corrected chi connectivity index (χ2v) is 7.35. The number of anilines is 1. The third-order valence-corrected chi connectivity index (χ3v) is 5.21. The highest BCUT2D eigenvalue weighted by molar-refractivity contribution is 6.28. The van der Waals surface area contributed by atoms with E-state index in [4.69, 9.17) is 38.0 Å².